The lowest BCUT2D eigenvalue weighted by atomic mass is 9.99. The first kappa shape index (κ1) is 14.8. The van der Waals surface area contributed by atoms with Crippen molar-refractivity contribution in [3.05, 3.63) is 34.9 Å². The fourth-order valence-electron chi connectivity index (χ4n) is 2.75. The minimum atomic E-state index is -2.97. The van der Waals surface area contributed by atoms with Crippen LogP contribution in [0.1, 0.15) is 24.8 Å². The van der Waals surface area contributed by atoms with Crippen LogP contribution in [-0.4, -0.2) is 32.5 Å². The summed E-state index contributed by atoms with van der Waals surface area (Å²) in [7, 11) is -1.15. The van der Waals surface area contributed by atoms with Gasteiger partial charge in [-0.3, -0.25) is 0 Å². The van der Waals surface area contributed by atoms with Crippen molar-refractivity contribution in [1.82, 2.24) is 5.32 Å². The van der Waals surface area contributed by atoms with E-state index in [1.807, 2.05) is 31.3 Å². The van der Waals surface area contributed by atoms with Crippen molar-refractivity contribution in [3.63, 3.8) is 0 Å². The van der Waals surface area contributed by atoms with E-state index in [4.69, 9.17) is 11.6 Å². The fourth-order valence-corrected chi connectivity index (χ4v) is 5.13. The quantitative estimate of drug-likeness (QED) is 0.929. The van der Waals surface area contributed by atoms with Gasteiger partial charge in [-0.2, -0.15) is 0 Å². The zero-order valence-corrected chi connectivity index (χ0v) is 12.7. The van der Waals surface area contributed by atoms with E-state index in [9.17, 15) is 8.42 Å². The monoisotopic (exact) mass is 301 g/mol. The van der Waals surface area contributed by atoms with Gasteiger partial charge in [0.15, 0.2) is 9.84 Å². The lowest BCUT2D eigenvalue weighted by Gasteiger charge is -2.30. The number of sulfone groups is 1. The molecule has 1 aromatic carbocycles. The van der Waals surface area contributed by atoms with Gasteiger partial charge in [-0.1, -0.05) is 36.2 Å². The third kappa shape index (κ3) is 3.50. The molecule has 0 aromatic heterocycles. The molecule has 1 N–H and O–H groups in total. The number of benzene rings is 1. The average Bonchev–Trinajstić information content (AvgIpc) is 2.38. The number of likely N-dealkylation sites (N-methyl/N-ethyl adjacent to an activating group) is 1. The van der Waals surface area contributed by atoms with Gasteiger partial charge in [0, 0.05) is 11.1 Å². The Balaban J connectivity index is 2.18. The minimum absolute atomic E-state index is 0.0646. The van der Waals surface area contributed by atoms with E-state index in [2.05, 4.69) is 5.32 Å². The molecule has 0 bridgehead atoms. The first-order valence-electron chi connectivity index (χ1n) is 6.67. The standard InChI is InChI=1S/C14H20ClNO2S/c1-16-13(10-11-6-2-3-7-12(11)15)14-8-4-5-9-19(14,17)18/h2-3,6-7,13-14,16H,4-5,8-10H2,1H3. The second-order valence-electron chi connectivity index (χ2n) is 5.09. The minimum Gasteiger partial charge on any atom is -0.315 e. The molecule has 2 atom stereocenters. The number of hydrogen-bond donors (Lipinski definition) is 1. The van der Waals surface area contributed by atoms with Gasteiger partial charge in [0.25, 0.3) is 0 Å². The third-order valence-corrected chi connectivity index (χ3v) is 6.56. The maximum absolute atomic E-state index is 12.2. The average molecular weight is 302 g/mol. The normalized spacial score (nSPS) is 24.0. The maximum atomic E-state index is 12.2. The second-order valence-corrected chi connectivity index (χ2v) is 7.84. The Morgan fingerprint density at radius 1 is 1.37 bits per heavy atom. The van der Waals surface area contributed by atoms with E-state index in [1.165, 1.54) is 0 Å². The lowest BCUT2D eigenvalue weighted by molar-refractivity contribution is 0.456. The smallest absolute Gasteiger partial charge is 0.154 e. The zero-order chi connectivity index (χ0) is 13.9. The highest BCUT2D eigenvalue weighted by Gasteiger charge is 2.34. The van der Waals surface area contributed by atoms with Gasteiger partial charge < -0.3 is 5.32 Å². The second kappa shape index (κ2) is 6.25. The summed E-state index contributed by atoms with van der Waals surface area (Å²) in [5, 5.41) is 3.58. The molecule has 1 aliphatic heterocycles. The van der Waals surface area contributed by atoms with Gasteiger partial charge in [0.2, 0.25) is 0 Å². The summed E-state index contributed by atoms with van der Waals surface area (Å²) in [6.45, 7) is 0. The summed E-state index contributed by atoms with van der Waals surface area (Å²) >= 11 is 6.16. The third-order valence-electron chi connectivity index (χ3n) is 3.85. The maximum Gasteiger partial charge on any atom is 0.154 e. The summed E-state index contributed by atoms with van der Waals surface area (Å²) in [5.41, 5.74) is 1.00. The van der Waals surface area contributed by atoms with Crippen LogP contribution < -0.4 is 5.32 Å². The molecule has 0 aliphatic carbocycles. The van der Waals surface area contributed by atoms with Crippen molar-refractivity contribution in [2.45, 2.75) is 37.0 Å². The van der Waals surface area contributed by atoms with Gasteiger partial charge in [-0.25, -0.2) is 8.42 Å². The number of rotatable bonds is 4. The summed E-state index contributed by atoms with van der Waals surface area (Å²) < 4.78 is 24.4. The summed E-state index contributed by atoms with van der Waals surface area (Å²) in [4.78, 5) is 0. The molecule has 5 heteroatoms. The van der Waals surface area contributed by atoms with Crippen molar-refractivity contribution in [3.8, 4) is 0 Å². The van der Waals surface area contributed by atoms with Crippen molar-refractivity contribution < 1.29 is 8.42 Å². The van der Waals surface area contributed by atoms with Crippen LogP contribution in [0, 0.1) is 0 Å². The molecule has 2 unspecified atom stereocenters. The molecule has 0 spiro atoms. The van der Waals surface area contributed by atoms with Crippen LogP contribution in [0.2, 0.25) is 5.02 Å². The molecule has 1 heterocycles. The van der Waals surface area contributed by atoms with Crippen LogP contribution in [0.4, 0.5) is 0 Å². The van der Waals surface area contributed by atoms with Gasteiger partial charge in [0.1, 0.15) is 0 Å². The van der Waals surface area contributed by atoms with Gasteiger partial charge in [0.05, 0.1) is 11.0 Å². The summed E-state index contributed by atoms with van der Waals surface area (Å²) in [6.07, 6.45) is 3.18. The molecule has 0 amide bonds. The Labute approximate surface area is 120 Å². The SMILES string of the molecule is CNC(Cc1ccccc1Cl)C1CCCCS1(=O)=O. The molecule has 2 rings (SSSR count). The van der Waals surface area contributed by atoms with Crippen LogP contribution in [0.15, 0.2) is 24.3 Å². The van der Waals surface area contributed by atoms with E-state index in [1.54, 1.807) is 0 Å². The molecule has 106 valence electrons. The Morgan fingerprint density at radius 3 is 2.74 bits per heavy atom. The number of nitrogens with one attached hydrogen (secondary N) is 1. The molecule has 1 aliphatic rings. The fraction of sp³-hybridized carbons (Fsp3) is 0.571. The molecule has 3 nitrogen and oxygen atoms in total. The molecular weight excluding hydrogens is 282 g/mol. The van der Waals surface area contributed by atoms with E-state index >= 15 is 0 Å². The molecule has 0 radical (unpaired) electrons. The first-order chi connectivity index (χ1) is 9.04. The molecule has 1 aromatic rings. The van der Waals surface area contributed by atoms with E-state index in [-0.39, 0.29) is 11.3 Å². The highest BCUT2D eigenvalue weighted by atomic mass is 35.5. The lowest BCUT2D eigenvalue weighted by Crippen LogP contribution is -2.46. The Morgan fingerprint density at radius 2 is 2.11 bits per heavy atom. The van der Waals surface area contributed by atoms with Gasteiger partial charge >= 0.3 is 0 Å². The molecule has 0 saturated carbocycles. The zero-order valence-electron chi connectivity index (χ0n) is 11.1. The summed E-state index contributed by atoms with van der Waals surface area (Å²) in [6, 6.07) is 7.56. The van der Waals surface area contributed by atoms with E-state index in [0.29, 0.717) is 17.2 Å². The Bertz CT molecular complexity index is 530. The first-order valence-corrected chi connectivity index (χ1v) is 8.76. The molecular formula is C14H20ClNO2S. The van der Waals surface area contributed by atoms with Crippen LogP contribution in [0.5, 0.6) is 0 Å². The van der Waals surface area contributed by atoms with Crippen LogP contribution in [-0.2, 0) is 16.3 Å². The Kier molecular flexibility index (Phi) is 4.87. The highest BCUT2D eigenvalue weighted by molar-refractivity contribution is 7.92. The molecule has 19 heavy (non-hydrogen) atoms. The van der Waals surface area contributed by atoms with Crippen LogP contribution in [0.25, 0.3) is 0 Å². The summed E-state index contributed by atoms with van der Waals surface area (Å²) in [5.74, 6) is 0.318. The number of hydrogen-bond acceptors (Lipinski definition) is 3. The highest BCUT2D eigenvalue weighted by Crippen LogP contribution is 2.25. The Hall–Kier alpha value is -0.580. The predicted molar refractivity (Wildman–Crippen MR) is 79.4 cm³/mol. The van der Waals surface area contributed by atoms with Crippen molar-refractivity contribution in [1.29, 1.82) is 0 Å². The van der Waals surface area contributed by atoms with Crippen molar-refractivity contribution >= 4 is 21.4 Å². The van der Waals surface area contributed by atoms with Crippen molar-refractivity contribution in [2.24, 2.45) is 0 Å². The van der Waals surface area contributed by atoms with E-state index < -0.39 is 9.84 Å². The molecule has 1 saturated heterocycles. The largest absolute Gasteiger partial charge is 0.315 e. The van der Waals surface area contributed by atoms with Crippen LogP contribution >= 0.6 is 11.6 Å². The topological polar surface area (TPSA) is 46.2 Å². The van der Waals surface area contributed by atoms with Crippen LogP contribution in [0.3, 0.4) is 0 Å². The van der Waals surface area contributed by atoms with Gasteiger partial charge in [-0.15, -0.1) is 0 Å². The number of halogens is 1. The predicted octanol–water partition coefficient (Wildman–Crippen LogP) is 2.44. The molecule has 1 fully saturated rings. The van der Waals surface area contributed by atoms with E-state index in [0.717, 1.165) is 24.8 Å². The van der Waals surface area contributed by atoms with Gasteiger partial charge in [-0.05, 0) is 37.9 Å². The van der Waals surface area contributed by atoms with Crippen molar-refractivity contribution in [2.75, 3.05) is 12.8 Å².